The SMILES string of the molecule is COc1ccc(Cl)cc1[C@@H]1C(C(=O)OC(C)C)=C(C)N=c2s/c(=C3/C(=O)N(C)c4ccccc43)c(=O)n21. The van der Waals surface area contributed by atoms with Crippen molar-refractivity contribution < 1.29 is 19.1 Å². The number of halogens is 1. The Morgan fingerprint density at radius 1 is 1.16 bits per heavy atom. The van der Waals surface area contributed by atoms with Gasteiger partial charge in [0.15, 0.2) is 4.80 Å². The van der Waals surface area contributed by atoms with Gasteiger partial charge >= 0.3 is 5.97 Å². The normalized spacial score (nSPS) is 18.1. The molecule has 1 amide bonds. The number of anilines is 1. The largest absolute Gasteiger partial charge is 0.496 e. The van der Waals surface area contributed by atoms with E-state index < -0.39 is 17.6 Å². The third kappa shape index (κ3) is 3.98. The van der Waals surface area contributed by atoms with Crippen LogP contribution in [-0.4, -0.2) is 36.7 Å². The summed E-state index contributed by atoms with van der Waals surface area (Å²) >= 11 is 7.47. The third-order valence-electron chi connectivity index (χ3n) is 6.33. The van der Waals surface area contributed by atoms with Gasteiger partial charge in [-0.1, -0.05) is 41.1 Å². The number of amides is 1. The molecule has 5 rings (SSSR count). The van der Waals surface area contributed by atoms with Crippen LogP contribution in [0.1, 0.15) is 37.9 Å². The zero-order valence-corrected chi connectivity index (χ0v) is 22.4. The van der Waals surface area contributed by atoms with Gasteiger partial charge in [-0.05, 0) is 45.0 Å². The van der Waals surface area contributed by atoms with Gasteiger partial charge in [0.2, 0.25) is 0 Å². The summed E-state index contributed by atoms with van der Waals surface area (Å²) in [6.45, 7) is 5.20. The Bertz CT molecular complexity index is 1680. The predicted molar refractivity (Wildman–Crippen MR) is 142 cm³/mol. The smallest absolute Gasteiger partial charge is 0.338 e. The number of aromatic nitrogens is 1. The van der Waals surface area contributed by atoms with Crippen molar-refractivity contribution in [2.75, 3.05) is 19.1 Å². The summed E-state index contributed by atoms with van der Waals surface area (Å²) in [6.07, 6.45) is -0.385. The van der Waals surface area contributed by atoms with Gasteiger partial charge in [0.25, 0.3) is 11.5 Å². The second-order valence-corrected chi connectivity index (χ2v) is 10.4. The maximum absolute atomic E-state index is 14.1. The summed E-state index contributed by atoms with van der Waals surface area (Å²) < 4.78 is 12.8. The molecule has 1 atom stereocenters. The van der Waals surface area contributed by atoms with Crippen LogP contribution in [0.3, 0.4) is 0 Å². The first-order valence-corrected chi connectivity index (χ1v) is 12.8. The number of methoxy groups -OCH3 is 1. The Morgan fingerprint density at radius 2 is 1.89 bits per heavy atom. The molecule has 0 unspecified atom stereocenters. The van der Waals surface area contributed by atoms with Crippen molar-refractivity contribution in [1.29, 1.82) is 0 Å². The summed E-state index contributed by atoms with van der Waals surface area (Å²) in [4.78, 5) is 47.2. The predicted octanol–water partition coefficient (Wildman–Crippen LogP) is 3.20. The second-order valence-electron chi connectivity index (χ2n) is 9.00. The number of likely N-dealkylation sites (N-methyl/N-ethyl adjacent to an activating group) is 1. The van der Waals surface area contributed by atoms with Crippen LogP contribution in [0.4, 0.5) is 5.69 Å². The average molecular weight is 538 g/mol. The molecule has 8 nitrogen and oxygen atoms in total. The van der Waals surface area contributed by atoms with Crippen LogP contribution in [0.15, 0.2) is 63.5 Å². The van der Waals surface area contributed by atoms with Gasteiger partial charge in [0.1, 0.15) is 16.3 Å². The van der Waals surface area contributed by atoms with E-state index in [1.54, 1.807) is 46.0 Å². The number of para-hydroxylation sites is 1. The topological polar surface area (TPSA) is 90.2 Å². The minimum atomic E-state index is -0.921. The van der Waals surface area contributed by atoms with E-state index in [2.05, 4.69) is 4.99 Å². The van der Waals surface area contributed by atoms with Gasteiger partial charge in [-0.25, -0.2) is 9.79 Å². The number of hydrogen-bond donors (Lipinski definition) is 0. The van der Waals surface area contributed by atoms with Gasteiger partial charge < -0.3 is 14.4 Å². The number of allylic oxidation sites excluding steroid dienone is 1. The van der Waals surface area contributed by atoms with Crippen molar-refractivity contribution in [1.82, 2.24) is 4.57 Å². The molecule has 37 heavy (non-hydrogen) atoms. The van der Waals surface area contributed by atoms with E-state index in [-0.39, 0.29) is 22.1 Å². The van der Waals surface area contributed by atoms with Crippen LogP contribution in [-0.2, 0) is 14.3 Å². The summed E-state index contributed by atoms with van der Waals surface area (Å²) in [5.41, 5.74) is 2.38. The summed E-state index contributed by atoms with van der Waals surface area (Å²) in [5.74, 6) is -0.430. The van der Waals surface area contributed by atoms with Crippen LogP contribution in [0.2, 0.25) is 5.02 Å². The number of thiazole rings is 1. The molecule has 0 N–H and O–H groups in total. The molecular weight excluding hydrogens is 514 g/mol. The standard InChI is InChI=1S/C27H24ClN3O5S/c1-13(2)36-26(34)20-14(3)29-27-31(22(20)17-12-15(28)10-11-19(17)35-5)25(33)23(37-27)21-16-8-6-7-9-18(16)30(4)24(21)32/h6-13,22H,1-5H3/b23-21+/t22-/m1/s1. The fourth-order valence-corrected chi connectivity index (χ4v) is 6.03. The van der Waals surface area contributed by atoms with E-state index in [1.165, 1.54) is 16.6 Å². The van der Waals surface area contributed by atoms with Crippen molar-refractivity contribution in [2.24, 2.45) is 4.99 Å². The van der Waals surface area contributed by atoms with E-state index in [0.717, 1.165) is 17.0 Å². The highest BCUT2D eigenvalue weighted by molar-refractivity contribution is 7.07. The Balaban J connectivity index is 1.86. The van der Waals surface area contributed by atoms with E-state index >= 15 is 0 Å². The second kappa shape index (κ2) is 9.32. The molecule has 2 aromatic carbocycles. The maximum Gasteiger partial charge on any atom is 0.338 e. The highest BCUT2D eigenvalue weighted by Gasteiger charge is 2.37. The molecule has 0 bridgehead atoms. The van der Waals surface area contributed by atoms with Crippen molar-refractivity contribution in [3.05, 3.63) is 89.6 Å². The quantitative estimate of drug-likeness (QED) is 0.477. The first kappa shape index (κ1) is 25.0. The first-order chi connectivity index (χ1) is 17.6. The molecule has 3 heterocycles. The lowest BCUT2D eigenvalue weighted by Gasteiger charge is -2.26. The molecular formula is C27H24ClN3O5S. The minimum absolute atomic E-state index is 0.202. The van der Waals surface area contributed by atoms with Crippen LogP contribution >= 0.6 is 22.9 Å². The molecule has 0 radical (unpaired) electrons. The Kier molecular flexibility index (Phi) is 6.29. The van der Waals surface area contributed by atoms with E-state index in [0.29, 0.717) is 38.0 Å². The molecule has 0 fully saturated rings. The molecule has 2 aliphatic heterocycles. The zero-order chi connectivity index (χ0) is 26.6. The van der Waals surface area contributed by atoms with E-state index in [9.17, 15) is 14.4 Å². The molecule has 0 spiro atoms. The fraction of sp³-hybridized carbons (Fsp3) is 0.259. The van der Waals surface area contributed by atoms with Crippen molar-refractivity contribution >= 4 is 46.1 Å². The van der Waals surface area contributed by atoms with Gasteiger partial charge in [-0.15, -0.1) is 0 Å². The lowest BCUT2D eigenvalue weighted by atomic mass is 9.95. The number of ether oxygens (including phenoxy) is 2. The number of carbonyl (C=O) groups excluding carboxylic acids is 2. The molecule has 0 aliphatic carbocycles. The number of esters is 1. The lowest BCUT2D eigenvalue weighted by molar-refractivity contribution is -0.143. The van der Waals surface area contributed by atoms with Gasteiger partial charge in [-0.3, -0.25) is 14.2 Å². The summed E-state index contributed by atoms with van der Waals surface area (Å²) in [6, 6.07) is 11.4. The highest BCUT2D eigenvalue weighted by atomic mass is 35.5. The number of fused-ring (bicyclic) bond motifs is 2. The van der Waals surface area contributed by atoms with Crippen molar-refractivity contribution in [3.63, 3.8) is 0 Å². The third-order valence-corrected chi connectivity index (χ3v) is 7.62. The molecule has 2 aliphatic rings. The van der Waals surface area contributed by atoms with Crippen molar-refractivity contribution in [2.45, 2.75) is 32.9 Å². The Morgan fingerprint density at radius 3 is 2.59 bits per heavy atom. The first-order valence-electron chi connectivity index (χ1n) is 11.6. The van der Waals surface area contributed by atoms with Gasteiger partial charge in [-0.2, -0.15) is 0 Å². The van der Waals surface area contributed by atoms with Gasteiger partial charge in [0.05, 0.1) is 35.7 Å². The van der Waals surface area contributed by atoms with Crippen LogP contribution in [0.5, 0.6) is 5.75 Å². The Labute approximate surface area is 221 Å². The van der Waals surface area contributed by atoms with Gasteiger partial charge in [0, 0.05) is 23.2 Å². The fourth-order valence-electron chi connectivity index (χ4n) is 4.71. The van der Waals surface area contributed by atoms with Crippen molar-refractivity contribution in [3.8, 4) is 5.75 Å². The molecule has 190 valence electrons. The lowest BCUT2D eigenvalue weighted by Crippen LogP contribution is -2.41. The number of hydrogen-bond acceptors (Lipinski definition) is 7. The summed E-state index contributed by atoms with van der Waals surface area (Å²) in [7, 11) is 3.18. The molecule has 0 saturated heterocycles. The number of nitrogens with zero attached hydrogens (tertiary/aromatic N) is 3. The molecule has 1 aromatic heterocycles. The zero-order valence-electron chi connectivity index (χ0n) is 20.9. The molecule has 3 aromatic rings. The summed E-state index contributed by atoms with van der Waals surface area (Å²) in [5, 5.41) is 0.411. The number of rotatable bonds is 4. The van der Waals surface area contributed by atoms with Crippen LogP contribution in [0.25, 0.3) is 5.57 Å². The van der Waals surface area contributed by atoms with E-state index in [1.807, 2.05) is 24.3 Å². The number of carbonyl (C=O) groups is 2. The average Bonchev–Trinajstić information content (AvgIpc) is 3.30. The number of benzene rings is 2. The monoisotopic (exact) mass is 537 g/mol. The Hall–Kier alpha value is -3.69. The maximum atomic E-state index is 14.1. The molecule has 0 saturated carbocycles. The minimum Gasteiger partial charge on any atom is -0.496 e. The molecule has 10 heteroatoms. The van der Waals surface area contributed by atoms with E-state index in [4.69, 9.17) is 21.1 Å². The van der Waals surface area contributed by atoms with Crippen LogP contribution < -0.4 is 24.5 Å². The highest BCUT2D eigenvalue weighted by Crippen LogP contribution is 2.38. The van der Waals surface area contributed by atoms with Crippen LogP contribution in [0, 0.1) is 0 Å².